The van der Waals surface area contributed by atoms with Gasteiger partial charge in [0, 0.05) is 0 Å². The first-order valence-electron chi connectivity index (χ1n) is 3.92. The Morgan fingerprint density at radius 2 is 2.20 bits per heavy atom. The summed E-state index contributed by atoms with van der Waals surface area (Å²) in [6, 6.07) is 1.06. The van der Waals surface area contributed by atoms with Gasteiger partial charge in [0.2, 0.25) is 11.6 Å². The molecule has 0 aliphatic carbocycles. The zero-order valence-corrected chi connectivity index (χ0v) is 7.69. The quantitative estimate of drug-likeness (QED) is 0.435. The SMILES string of the molecule is N#CC1=C(C([NH3+])=O)N(CC(N)=O)C(=O)[NH2+]1. The zero-order chi connectivity index (χ0) is 11.6. The summed E-state index contributed by atoms with van der Waals surface area (Å²) in [5.74, 6) is -1.47. The molecule has 0 fully saturated rings. The van der Waals surface area contributed by atoms with Crippen molar-refractivity contribution in [3.8, 4) is 6.07 Å². The van der Waals surface area contributed by atoms with Crippen LogP contribution < -0.4 is 16.8 Å². The number of hydrogen-bond acceptors (Lipinski definition) is 4. The van der Waals surface area contributed by atoms with Crippen molar-refractivity contribution >= 4 is 17.8 Å². The lowest BCUT2D eigenvalue weighted by Gasteiger charge is -2.08. The Hall–Kier alpha value is -2.24. The van der Waals surface area contributed by atoms with Crippen LogP contribution in [-0.4, -0.2) is 29.3 Å². The van der Waals surface area contributed by atoms with Gasteiger partial charge in [0.1, 0.15) is 6.54 Å². The van der Waals surface area contributed by atoms with E-state index in [0.717, 1.165) is 10.2 Å². The molecule has 0 saturated heterocycles. The van der Waals surface area contributed by atoms with E-state index in [4.69, 9.17) is 11.0 Å². The average Bonchev–Trinajstić information content (AvgIpc) is 2.42. The fraction of sp³-hybridized carbons (Fsp3) is 0.143. The molecule has 0 bridgehead atoms. The minimum absolute atomic E-state index is 0.0961. The van der Waals surface area contributed by atoms with Gasteiger partial charge in [-0.25, -0.2) is 19.8 Å². The summed E-state index contributed by atoms with van der Waals surface area (Å²) < 4.78 is 0. The number of nitrogens with zero attached hydrogens (tertiary/aromatic N) is 2. The normalized spacial score (nSPS) is 15.5. The molecule has 0 atom stereocenters. The number of nitriles is 1. The van der Waals surface area contributed by atoms with Gasteiger partial charge in [-0.2, -0.15) is 5.26 Å². The molecule has 78 valence electrons. The maximum absolute atomic E-state index is 11.3. The van der Waals surface area contributed by atoms with Gasteiger partial charge >= 0.3 is 11.9 Å². The van der Waals surface area contributed by atoms with E-state index in [9.17, 15) is 14.4 Å². The maximum atomic E-state index is 11.3. The molecule has 1 aliphatic heterocycles. The first-order chi connectivity index (χ1) is 6.97. The number of nitrogens with two attached hydrogens (primary N) is 2. The Morgan fingerprint density at radius 3 is 2.60 bits per heavy atom. The molecular weight excluding hydrogens is 202 g/mol. The molecule has 1 heterocycles. The van der Waals surface area contributed by atoms with E-state index in [2.05, 4.69) is 5.73 Å². The predicted octanol–water partition coefficient (Wildman–Crippen LogP) is -4.03. The van der Waals surface area contributed by atoms with Crippen molar-refractivity contribution in [3.05, 3.63) is 11.4 Å². The minimum atomic E-state index is -0.769. The third kappa shape index (κ3) is 1.98. The number of amides is 4. The summed E-state index contributed by atoms with van der Waals surface area (Å²) in [7, 11) is 0. The third-order valence-corrected chi connectivity index (χ3v) is 1.76. The smallest absolute Gasteiger partial charge is 0.368 e. The van der Waals surface area contributed by atoms with E-state index in [1.807, 2.05) is 0 Å². The maximum Gasteiger partial charge on any atom is 0.427 e. The van der Waals surface area contributed by atoms with Gasteiger partial charge in [0.15, 0.2) is 6.07 Å². The van der Waals surface area contributed by atoms with E-state index in [0.29, 0.717) is 0 Å². The molecule has 4 amide bonds. The Balaban J connectivity index is 3.10. The molecular formula is C7H9N5O3+2. The molecule has 7 N–H and O–H groups in total. The largest absolute Gasteiger partial charge is 0.427 e. The van der Waals surface area contributed by atoms with Gasteiger partial charge < -0.3 is 5.73 Å². The summed E-state index contributed by atoms with van der Waals surface area (Å²) in [6.45, 7) is -0.433. The third-order valence-electron chi connectivity index (χ3n) is 1.76. The summed E-state index contributed by atoms with van der Waals surface area (Å²) in [6.07, 6.45) is 0. The summed E-state index contributed by atoms with van der Waals surface area (Å²) in [5.41, 5.74) is 7.72. The number of carbonyl (C=O) groups is 3. The van der Waals surface area contributed by atoms with E-state index in [1.54, 1.807) is 6.07 Å². The summed E-state index contributed by atoms with van der Waals surface area (Å²) in [4.78, 5) is 33.8. The highest BCUT2D eigenvalue weighted by molar-refractivity contribution is 5.94. The fourth-order valence-electron chi connectivity index (χ4n) is 1.22. The highest BCUT2D eigenvalue weighted by atomic mass is 16.2. The topological polar surface area (TPSA) is 149 Å². The van der Waals surface area contributed by atoms with Crippen molar-refractivity contribution in [2.75, 3.05) is 6.54 Å². The molecule has 0 spiro atoms. The van der Waals surface area contributed by atoms with Crippen molar-refractivity contribution in [1.29, 1.82) is 5.26 Å². The molecule has 8 nitrogen and oxygen atoms in total. The molecule has 0 saturated carbocycles. The van der Waals surface area contributed by atoms with Crippen LogP contribution in [0.5, 0.6) is 0 Å². The lowest BCUT2D eigenvalue weighted by atomic mass is 10.3. The van der Waals surface area contributed by atoms with Crippen LogP contribution >= 0.6 is 0 Å². The van der Waals surface area contributed by atoms with Crippen LogP contribution in [-0.2, 0) is 9.59 Å². The van der Waals surface area contributed by atoms with Crippen molar-refractivity contribution in [3.63, 3.8) is 0 Å². The summed E-state index contributed by atoms with van der Waals surface area (Å²) in [5, 5.41) is 9.61. The zero-order valence-electron chi connectivity index (χ0n) is 7.69. The van der Waals surface area contributed by atoms with Gasteiger partial charge in [-0.1, -0.05) is 0 Å². The number of quaternary nitrogens is 2. The number of rotatable bonds is 3. The lowest BCUT2D eigenvalue weighted by Crippen LogP contribution is -2.85. The predicted molar refractivity (Wildman–Crippen MR) is 43.8 cm³/mol. The van der Waals surface area contributed by atoms with Gasteiger partial charge in [-0.15, -0.1) is 0 Å². The van der Waals surface area contributed by atoms with Gasteiger partial charge in [0.25, 0.3) is 5.70 Å². The molecule has 1 rings (SSSR count). The molecule has 0 radical (unpaired) electrons. The van der Waals surface area contributed by atoms with Crippen LogP contribution in [0.3, 0.4) is 0 Å². The second-order valence-electron chi connectivity index (χ2n) is 2.83. The molecule has 0 aromatic heterocycles. The Labute approximate surface area is 84.1 Å². The van der Waals surface area contributed by atoms with Crippen LogP contribution in [0.25, 0.3) is 0 Å². The van der Waals surface area contributed by atoms with Crippen molar-refractivity contribution < 1.29 is 25.4 Å². The molecule has 0 aromatic carbocycles. The number of hydrogen-bond donors (Lipinski definition) is 3. The van der Waals surface area contributed by atoms with Crippen molar-refractivity contribution in [1.82, 2.24) is 4.90 Å². The first-order valence-corrected chi connectivity index (χ1v) is 3.92. The van der Waals surface area contributed by atoms with E-state index in [1.165, 1.54) is 0 Å². The number of urea groups is 1. The first kappa shape index (κ1) is 10.8. The van der Waals surface area contributed by atoms with Crippen LogP contribution in [0.2, 0.25) is 0 Å². The number of carbonyl (C=O) groups excluding carboxylic acids is 3. The monoisotopic (exact) mass is 211 g/mol. The van der Waals surface area contributed by atoms with Gasteiger partial charge in [-0.3, -0.25) is 10.5 Å². The molecule has 0 unspecified atom stereocenters. The van der Waals surface area contributed by atoms with Crippen LogP contribution in [0, 0.1) is 11.3 Å². The second-order valence-corrected chi connectivity index (χ2v) is 2.83. The second kappa shape index (κ2) is 3.87. The van der Waals surface area contributed by atoms with E-state index >= 15 is 0 Å². The molecule has 15 heavy (non-hydrogen) atoms. The standard InChI is InChI=1S/C7H7N5O3/c8-1-3-5(6(10)14)12(2-4(9)13)7(15)11-3/h2H2,(H2,9,13)(H2,10,14)(H,11,15)/p+2. The lowest BCUT2D eigenvalue weighted by molar-refractivity contribution is -0.492. The van der Waals surface area contributed by atoms with Crippen LogP contribution in [0.4, 0.5) is 4.79 Å². The molecule has 1 aliphatic rings. The number of allylic oxidation sites excluding steroid dienone is 1. The highest BCUT2D eigenvalue weighted by Gasteiger charge is 2.41. The Kier molecular flexibility index (Phi) is 2.80. The van der Waals surface area contributed by atoms with Gasteiger partial charge in [0.05, 0.1) is 0 Å². The fourth-order valence-corrected chi connectivity index (χ4v) is 1.22. The Morgan fingerprint density at radius 1 is 1.60 bits per heavy atom. The molecule has 0 aromatic rings. The van der Waals surface area contributed by atoms with Crippen molar-refractivity contribution in [2.24, 2.45) is 5.73 Å². The van der Waals surface area contributed by atoms with Crippen LogP contribution in [0.1, 0.15) is 0 Å². The van der Waals surface area contributed by atoms with Crippen molar-refractivity contribution in [2.45, 2.75) is 0 Å². The average molecular weight is 211 g/mol. The minimum Gasteiger partial charge on any atom is -0.368 e. The van der Waals surface area contributed by atoms with E-state index < -0.39 is 24.4 Å². The highest BCUT2D eigenvalue weighted by Crippen LogP contribution is 2.09. The summed E-state index contributed by atoms with van der Waals surface area (Å²) >= 11 is 0. The van der Waals surface area contributed by atoms with Crippen LogP contribution in [0.15, 0.2) is 11.4 Å². The van der Waals surface area contributed by atoms with Gasteiger partial charge in [-0.05, 0) is 0 Å². The Bertz CT molecular complexity index is 419. The molecule has 8 heteroatoms. The van der Waals surface area contributed by atoms with E-state index in [-0.39, 0.29) is 11.4 Å². The number of primary amides is 2.